The quantitative estimate of drug-likeness (QED) is 0.861. The van der Waals surface area contributed by atoms with Crippen LogP contribution >= 0.6 is 15.9 Å². The second kappa shape index (κ2) is 4.74. The third-order valence-electron chi connectivity index (χ3n) is 3.96. The molecule has 1 saturated carbocycles. The van der Waals surface area contributed by atoms with E-state index in [2.05, 4.69) is 41.9 Å². The van der Waals surface area contributed by atoms with Gasteiger partial charge in [0.25, 0.3) is 0 Å². The Kier molecular flexibility index (Phi) is 3.65. The first-order valence-corrected chi connectivity index (χ1v) is 7.15. The second-order valence-electron chi connectivity index (χ2n) is 6.20. The molecular formula is C15H21BrO. The summed E-state index contributed by atoms with van der Waals surface area (Å²) < 4.78 is 1.09. The van der Waals surface area contributed by atoms with Crippen molar-refractivity contribution in [2.75, 3.05) is 0 Å². The zero-order valence-corrected chi connectivity index (χ0v) is 12.3. The highest BCUT2D eigenvalue weighted by molar-refractivity contribution is 9.10. The van der Waals surface area contributed by atoms with Gasteiger partial charge in [-0.05, 0) is 48.8 Å². The molecule has 1 aromatic carbocycles. The van der Waals surface area contributed by atoms with Crippen molar-refractivity contribution < 1.29 is 5.11 Å². The molecule has 1 nitrogen and oxygen atoms in total. The number of benzene rings is 1. The van der Waals surface area contributed by atoms with Crippen LogP contribution in [0.1, 0.15) is 45.1 Å². The van der Waals surface area contributed by atoms with E-state index < -0.39 is 5.60 Å². The van der Waals surface area contributed by atoms with E-state index in [1.165, 1.54) is 5.56 Å². The van der Waals surface area contributed by atoms with E-state index in [1.54, 1.807) is 0 Å². The predicted octanol–water partition coefficient (Wildman–Crippen LogP) is 4.32. The summed E-state index contributed by atoms with van der Waals surface area (Å²) in [4.78, 5) is 0. The van der Waals surface area contributed by atoms with Gasteiger partial charge in [-0.3, -0.25) is 0 Å². The van der Waals surface area contributed by atoms with Crippen molar-refractivity contribution in [3.8, 4) is 0 Å². The van der Waals surface area contributed by atoms with E-state index >= 15 is 0 Å². The molecule has 0 aliphatic heterocycles. The average molecular weight is 297 g/mol. The fourth-order valence-corrected chi connectivity index (χ4v) is 3.04. The molecule has 1 N–H and O–H groups in total. The predicted molar refractivity (Wildman–Crippen MR) is 75.0 cm³/mol. The first-order valence-electron chi connectivity index (χ1n) is 6.36. The molecule has 0 atom stereocenters. The molecule has 0 amide bonds. The largest absolute Gasteiger partial charge is 0.390 e. The Labute approximate surface area is 112 Å². The maximum Gasteiger partial charge on any atom is 0.0688 e. The van der Waals surface area contributed by atoms with Crippen LogP contribution < -0.4 is 0 Å². The van der Waals surface area contributed by atoms with Crippen molar-refractivity contribution in [2.45, 2.75) is 51.6 Å². The summed E-state index contributed by atoms with van der Waals surface area (Å²) in [5.41, 5.74) is 1.14. The number of aliphatic hydroxyl groups is 1. The summed E-state index contributed by atoms with van der Waals surface area (Å²) in [6.07, 6.45) is 4.87. The topological polar surface area (TPSA) is 20.2 Å². The van der Waals surface area contributed by atoms with Crippen molar-refractivity contribution >= 4 is 15.9 Å². The third kappa shape index (κ3) is 3.56. The van der Waals surface area contributed by atoms with Gasteiger partial charge in [-0.2, -0.15) is 0 Å². The first-order chi connectivity index (χ1) is 7.89. The molecule has 0 radical (unpaired) electrons. The Morgan fingerprint density at radius 1 is 1.18 bits per heavy atom. The van der Waals surface area contributed by atoms with Gasteiger partial charge in [-0.15, -0.1) is 0 Å². The first kappa shape index (κ1) is 13.1. The van der Waals surface area contributed by atoms with Crippen LogP contribution in [-0.4, -0.2) is 10.7 Å². The molecule has 0 bridgehead atoms. The van der Waals surface area contributed by atoms with E-state index in [1.807, 2.05) is 12.1 Å². The zero-order chi connectivity index (χ0) is 12.5. The van der Waals surface area contributed by atoms with Crippen molar-refractivity contribution in [1.82, 2.24) is 0 Å². The maximum atomic E-state index is 10.6. The molecule has 0 spiro atoms. The Morgan fingerprint density at radius 2 is 1.82 bits per heavy atom. The lowest BCUT2D eigenvalue weighted by atomic mass is 9.69. The van der Waals surface area contributed by atoms with E-state index in [0.29, 0.717) is 5.41 Å². The summed E-state index contributed by atoms with van der Waals surface area (Å²) in [6, 6.07) is 8.27. The molecule has 1 aliphatic carbocycles. The number of rotatable bonds is 2. The van der Waals surface area contributed by atoms with Crippen LogP contribution in [0.25, 0.3) is 0 Å². The van der Waals surface area contributed by atoms with Crippen LogP contribution in [0.3, 0.4) is 0 Å². The minimum absolute atomic E-state index is 0.406. The lowest BCUT2D eigenvalue weighted by Crippen LogP contribution is -2.38. The van der Waals surface area contributed by atoms with Gasteiger partial charge in [0, 0.05) is 10.9 Å². The van der Waals surface area contributed by atoms with Crippen LogP contribution in [0.2, 0.25) is 0 Å². The van der Waals surface area contributed by atoms with Gasteiger partial charge in [0.1, 0.15) is 0 Å². The highest BCUT2D eigenvalue weighted by Gasteiger charge is 2.36. The summed E-state index contributed by atoms with van der Waals surface area (Å²) in [6.45, 7) is 4.59. The minimum Gasteiger partial charge on any atom is -0.390 e. The molecule has 1 fully saturated rings. The van der Waals surface area contributed by atoms with Gasteiger partial charge in [0.15, 0.2) is 0 Å². The fourth-order valence-electron chi connectivity index (χ4n) is 2.60. The molecule has 94 valence electrons. The Bertz CT molecular complexity index is 388. The summed E-state index contributed by atoms with van der Waals surface area (Å²) in [7, 11) is 0. The van der Waals surface area contributed by atoms with E-state index in [-0.39, 0.29) is 0 Å². The highest BCUT2D eigenvalue weighted by atomic mass is 79.9. The summed E-state index contributed by atoms with van der Waals surface area (Å²) in [5, 5.41) is 10.6. The molecule has 17 heavy (non-hydrogen) atoms. The van der Waals surface area contributed by atoms with Crippen LogP contribution in [0.15, 0.2) is 28.7 Å². The van der Waals surface area contributed by atoms with Gasteiger partial charge in [-0.25, -0.2) is 0 Å². The number of hydrogen-bond donors (Lipinski definition) is 1. The van der Waals surface area contributed by atoms with E-state index in [4.69, 9.17) is 0 Å². The number of hydrogen-bond acceptors (Lipinski definition) is 1. The minimum atomic E-state index is -0.490. The molecule has 2 heteroatoms. The Hall–Kier alpha value is -0.340. The standard InChI is InChI=1S/C15H21BrO/c1-14(2)6-8-15(17,9-7-14)11-12-4-3-5-13(16)10-12/h3-5,10,17H,6-9,11H2,1-2H3. The van der Waals surface area contributed by atoms with Crippen molar-refractivity contribution in [1.29, 1.82) is 0 Å². The molecule has 0 aromatic heterocycles. The van der Waals surface area contributed by atoms with Gasteiger partial charge < -0.3 is 5.11 Å². The third-order valence-corrected chi connectivity index (χ3v) is 4.45. The van der Waals surface area contributed by atoms with Gasteiger partial charge >= 0.3 is 0 Å². The lowest BCUT2D eigenvalue weighted by molar-refractivity contribution is -0.0251. The van der Waals surface area contributed by atoms with Gasteiger partial charge in [-0.1, -0.05) is 41.9 Å². The zero-order valence-electron chi connectivity index (χ0n) is 10.7. The van der Waals surface area contributed by atoms with E-state index in [9.17, 15) is 5.11 Å². The van der Waals surface area contributed by atoms with Gasteiger partial charge in [0.05, 0.1) is 5.60 Å². The monoisotopic (exact) mass is 296 g/mol. The Morgan fingerprint density at radius 3 is 2.41 bits per heavy atom. The van der Waals surface area contributed by atoms with Crippen molar-refractivity contribution in [3.63, 3.8) is 0 Å². The molecule has 1 aliphatic rings. The molecular weight excluding hydrogens is 276 g/mol. The van der Waals surface area contributed by atoms with E-state index in [0.717, 1.165) is 36.6 Å². The molecule has 0 saturated heterocycles. The van der Waals surface area contributed by atoms with Crippen molar-refractivity contribution in [2.24, 2.45) is 5.41 Å². The number of halogens is 1. The smallest absolute Gasteiger partial charge is 0.0688 e. The van der Waals surface area contributed by atoms with Gasteiger partial charge in [0.2, 0.25) is 0 Å². The molecule has 1 aromatic rings. The lowest BCUT2D eigenvalue weighted by Gasteiger charge is -2.40. The highest BCUT2D eigenvalue weighted by Crippen LogP contribution is 2.41. The van der Waals surface area contributed by atoms with Crippen LogP contribution in [0.5, 0.6) is 0 Å². The SMILES string of the molecule is CC1(C)CCC(O)(Cc2cccc(Br)c2)CC1. The summed E-state index contributed by atoms with van der Waals surface area (Å²) in [5.74, 6) is 0. The van der Waals surface area contributed by atoms with Crippen LogP contribution in [0.4, 0.5) is 0 Å². The molecule has 2 rings (SSSR count). The molecule has 0 unspecified atom stereocenters. The maximum absolute atomic E-state index is 10.6. The normalized spacial score (nSPS) is 22.4. The van der Waals surface area contributed by atoms with Crippen molar-refractivity contribution in [3.05, 3.63) is 34.3 Å². The fraction of sp³-hybridized carbons (Fsp3) is 0.600. The summed E-state index contributed by atoms with van der Waals surface area (Å²) >= 11 is 3.48. The second-order valence-corrected chi connectivity index (χ2v) is 7.11. The van der Waals surface area contributed by atoms with Crippen LogP contribution in [0, 0.1) is 5.41 Å². The van der Waals surface area contributed by atoms with Crippen LogP contribution in [-0.2, 0) is 6.42 Å². The average Bonchev–Trinajstić information content (AvgIpc) is 2.24. The molecule has 0 heterocycles. The Balaban J connectivity index is 2.04.